The minimum atomic E-state index is -0.0301. The van der Waals surface area contributed by atoms with Crippen LogP contribution >= 0.6 is 11.8 Å². The molecule has 11 heavy (non-hydrogen) atoms. The Morgan fingerprint density at radius 3 is 1.45 bits per heavy atom. The van der Waals surface area contributed by atoms with Crippen LogP contribution < -0.4 is 0 Å². The normalized spacial score (nSPS) is 49.6. The molecule has 0 aromatic carbocycles. The van der Waals surface area contributed by atoms with Crippen LogP contribution in [-0.4, -0.2) is 32.9 Å². The van der Waals surface area contributed by atoms with Crippen LogP contribution in [0.2, 0.25) is 0 Å². The van der Waals surface area contributed by atoms with Crippen molar-refractivity contribution in [2.75, 3.05) is 0 Å². The van der Waals surface area contributed by atoms with Crippen LogP contribution in [0.25, 0.3) is 0 Å². The second kappa shape index (κ2) is 2.96. The molecular weight excluding hydrogens is 160 g/mol. The third kappa shape index (κ3) is 1.71. The van der Waals surface area contributed by atoms with Gasteiger partial charge < -0.3 is 10.2 Å². The fraction of sp³-hybridized carbons (Fsp3) is 1.00. The molecule has 2 fully saturated rings. The highest BCUT2D eigenvalue weighted by Gasteiger charge is 2.35. The van der Waals surface area contributed by atoms with E-state index in [0.29, 0.717) is 10.5 Å². The molecular formula is C8H14O2S. The summed E-state index contributed by atoms with van der Waals surface area (Å²) >= 11 is 1.96. The summed E-state index contributed by atoms with van der Waals surface area (Å²) in [6.45, 7) is 0. The molecule has 0 aliphatic heterocycles. The molecule has 0 heterocycles. The number of hydrogen-bond donors (Lipinski definition) is 2. The third-order valence-electron chi connectivity index (χ3n) is 2.52. The molecule has 3 heteroatoms. The predicted molar refractivity (Wildman–Crippen MR) is 45.6 cm³/mol. The van der Waals surface area contributed by atoms with E-state index in [2.05, 4.69) is 0 Å². The lowest BCUT2D eigenvalue weighted by Gasteiger charge is -2.38. The zero-order valence-corrected chi connectivity index (χ0v) is 7.26. The van der Waals surface area contributed by atoms with Gasteiger partial charge in [-0.1, -0.05) is 0 Å². The Hall–Kier alpha value is 0.270. The van der Waals surface area contributed by atoms with E-state index in [1.165, 1.54) is 0 Å². The third-order valence-corrected chi connectivity index (χ3v) is 4.06. The lowest BCUT2D eigenvalue weighted by Crippen LogP contribution is -2.37. The SMILES string of the molecule is OC1CC(SC2CC(O)C2)C1. The van der Waals surface area contributed by atoms with Crippen molar-refractivity contribution in [2.24, 2.45) is 0 Å². The molecule has 2 aliphatic carbocycles. The van der Waals surface area contributed by atoms with Gasteiger partial charge in [0.15, 0.2) is 0 Å². The molecule has 2 N–H and O–H groups in total. The van der Waals surface area contributed by atoms with Crippen molar-refractivity contribution >= 4 is 11.8 Å². The Labute approximate surface area is 71.0 Å². The lowest BCUT2D eigenvalue weighted by atomic mass is 9.95. The van der Waals surface area contributed by atoms with E-state index in [4.69, 9.17) is 10.2 Å². The number of rotatable bonds is 2. The average molecular weight is 174 g/mol. The monoisotopic (exact) mass is 174 g/mol. The van der Waals surface area contributed by atoms with Crippen LogP contribution in [0.1, 0.15) is 25.7 Å². The quantitative estimate of drug-likeness (QED) is 0.649. The van der Waals surface area contributed by atoms with Crippen molar-refractivity contribution in [3.05, 3.63) is 0 Å². The lowest BCUT2D eigenvalue weighted by molar-refractivity contribution is 0.0926. The van der Waals surface area contributed by atoms with E-state index in [1.807, 2.05) is 11.8 Å². The Balaban J connectivity index is 1.61. The van der Waals surface area contributed by atoms with Gasteiger partial charge in [-0.3, -0.25) is 0 Å². The highest BCUT2D eigenvalue weighted by atomic mass is 32.2. The smallest absolute Gasteiger partial charge is 0.0561 e. The highest BCUT2D eigenvalue weighted by molar-refractivity contribution is 8.00. The molecule has 0 atom stereocenters. The van der Waals surface area contributed by atoms with Crippen molar-refractivity contribution in [2.45, 2.75) is 48.4 Å². The minimum absolute atomic E-state index is 0.0301. The van der Waals surface area contributed by atoms with Crippen molar-refractivity contribution in [3.63, 3.8) is 0 Å². The molecule has 2 nitrogen and oxygen atoms in total. The Morgan fingerprint density at radius 2 is 1.18 bits per heavy atom. The molecule has 0 aromatic heterocycles. The van der Waals surface area contributed by atoms with Crippen molar-refractivity contribution < 1.29 is 10.2 Å². The Kier molecular flexibility index (Phi) is 2.12. The van der Waals surface area contributed by atoms with Crippen molar-refractivity contribution in [1.82, 2.24) is 0 Å². The summed E-state index contributed by atoms with van der Waals surface area (Å²) in [4.78, 5) is 0. The maximum absolute atomic E-state index is 9.01. The summed E-state index contributed by atoms with van der Waals surface area (Å²) < 4.78 is 0. The van der Waals surface area contributed by atoms with Crippen LogP contribution in [0.4, 0.5) is 0 Å². The van der Waals surface area contributed by atoms with Gasteiger partial charge in [0.1, 0.15) is 0 Å². The molecule has 2 saturated carbocycles. The first-order valence-corrected chi connectivity index (χ1v) is 5.20. The van der Waals surface area contributed by atoms with Gasteiger partial charge in [0, 0.05) is 10.5 Å². The topological polar surface area (TPSA) is 40.5 Å². The van der Waals surface area contributed by atoms with Gasteiger partial charge in [-0.25, -0.2) is 0 Å². The first kappa shape index (κ1) is 7.90. The molecule has 64 valence electrons. The molecule has 0 amide bonds. The van der Waals surface area contributed by atoms with Crippen LogP contribution in [-0.2, 0) is 0 Å². The average Bonchev–Trinajstić information content (AvgIpc) is 1.81. The summed E-state index contributed by atoms with van der Waals surface area (Å²) in [5.74, 6) is 0. The summed E-state index contributed by atoms with van der Waals surface area (Å²) in [6.07, 6.45) is 3.82. The molecule has 0 aromatic rings. The molecule has 0 bridgehead atoms. The maximum Gasteiger partial charge on any atom is 0.0561 e. The molecule has 0 unspecified atom stereocenters. The Morgan fingerprint density at radius 1 is 0.818 bits per heavy atom. The summed E-state index contributed by atoms with van der Waals surface area (Å²) in [5.41, 5.74) is 0. The standard InChI is InChI=1S/C8H14O2S/c9-5-1-7(2-5)11-8-3-6(10)4-8/h5-10H,1-4H2. The summed E-state index contributed by atoms with van der Waals surface area (Å²) in [6, 6.07) is 0. The number of aliphatic hydroxyl groups is 2. The number of aliphatic hydroxyl groups excluding tert-OH is 2. The van der Waals surface area contributed by atoms with Crippen LogP contribution in [0.3, 0.4) is 0 Å². The number of hydrogen-bond acceptors (Lipinski definition) is 3. The largest absolute Gasteiger partial charge is 0.393 e. The Bertz CT molecular complexity index is 123. The van der Waals surface area contributed by atoms with Gasteiger partial charge in [0.25, 0.3) is 0 Å². The van der Waals surface area contributed by atoms with Gasteiger partial charge in [-0.15, -0.1) is 0 Å². The molecule has 0 spiro atoms. The molecule has 0 saturated heterocycles. The zero-order chi connectivity index (χ0) is 7.84. The maximum atomic E-state index is 9.01. The first-order valence-electron chi connectivity index (χ1n) is 4.25. The van der Waals surface area contributed by atoms with E-state index >= 15 is 0 Å². The first-order chi connectivity index (χ1) is 5.24. The fourth-order valence-electron chi connectivity index (χ4n) is 1.57. The van der Waals surface area contributed by atoms with Gasteiger partial charge in [0.2, 0.25) is 0 Å². The summed E-state index contributed by atoms with van der Waals surface area (Å²) in [5, 5.41) is 19.4. The molecule has 0 radical (unpaired) electrons. The van der Waals surface area contributed by atoms with Crippen LogP contribution in [0.15, 0.2) is 0 Å². The van der Waals surface area contributed by atoms with Gasteiger partial charge >= 0.3 is 0 Å². The number of thioether (sulfide) groups is 1. The van der Waals surface area contributed by atoms with E-state index < -0.39 is 0 Å². The minimum Gasteiger partial charge on any atom is -0.393 e. The van der Waals surface area contributed by atoms with Crippen molar-refractivity contribution in [1.29, 1.82) is 0 Å². The van der Waals surface area contributed by atoms with E-state index in [-0.39, 0.29) is 12.2 Å². The zero-order valence-electron chi connectivity index (χ0n) is 6.44. The van der Waals surface area contributed by atoms with E-state index in [1.54, 1.807) is 0 Å². The summed E-state index contributed by atoms with van der Waals surface area (Å²) in [7, 11) is 0. The second-order valence-corrected chi connectivity index (χ2v) is 5.24. The van der Waals surface area contributed by atoms with Crippen LogP contribution in [0.5, 0.6) is 0 Å². The van der Waals surface area contributed by atoms with E-state index in [9.17, 15) is 0 Å². The van der Waals surface area contributed by atoms with Gasteiger partial charge in [0.05, 0.1) is 12.2 Å². The van der Waals surface area contributed by atoms with Gasteiger partial charge in [-0.2, -0.15) is 11.8 Å². The second-order valence-electron chi connectivity index (χ2n) is 3.63. The highest BCUT2D eigenvalue weighted by Crippen LogP contribution is 2.41. The van der Waals surface area contributed by atoms with E-state index in [0.717, 1.165) is 25.7 Å². The fourth-order valence-corrected chi connectivity index (χ4v) is 3.45. The van der Waals surface area contributed by atoms with Gasteiger partial charge in [-0.05, 0) is 25.7 Å². The van der Waals surface area contributed by atoms with Crippen molar-refractivity contribution in [3.8, 4) is 0 Å². The molecule has 2 rings (SSSR count). The predicted octanol–water partition coefficient (Wildman–Crippen LogP) is 0.766. The van der Waals surface area contributed by atoms with Crippen LogP contribution in [0, 0.1) is 0 Å². The molecule has 2 aliphatic rings.